The molecule has 1 amide bonds. The van der Waals surface area contributed by atoms with E-state index in [4.69, 9.17) is 19.7 Å². The zero-order chi connectivity index (χ0) is 20.0. The first-order valence-corrected chi connectivity index (χ1v) is 7.83. The fourth-order valence-corrected chi connectivity index (χ4v) is 2.48. The zero-order valence-electron chi connectivity index (χ0n) is 14.0. The maximum absolute atomic E-state index is 11.1. The SMILES string of the molecule is CC(=O)NC(C=O)C(O)C(OC1OC(CO)C(O)C(O)C1O)C(O)CO. The van der Waals surface area contributed by atoms with E-state index in [-0.39, 0.29) is 6.29 Å². The summed E-state index contributed by atoms with van der Waals surface area (Å²) in [5, 5.41) is 69.9. The Balaban J connectivity index is 2.99. The van der Waals surface area contributed by atoms with E-state index < -0.39 is 74.2 Å². The van der Waals surface area contributed by atoms with Crippen molar-refractivity contribution in [3.05, 3.63) is 0 Å². The number of carbonyl (C=O) groups excluding carboxylic acids is 2. The van der Waals surface area contributed by atoms with Crippen LogP contribution < -0.4 is 5.32 Å². The number of nitrogens with one attached hydrogen (secondary N) is 1. The van der Waals surface area contributed by atoms with Gasteiger partial charge in [-0.1, -0.05) is 0 Å². The highest BCUT2D eigenvalue weighted by atomic mass is 16.7. The quantitative estimate of drug-likeness (QED) is 0.176. The predicted molar refractivity (Wildman–Crippen MR) is 81.4 cm³/mol. The van der Waals surface area contributed by atoms with Crippen molar-refractivity contribution in [3.63, 3.8) is 0 Å². The molecule has 1 heterocycles. The number of aldehydes is 1. The largest absolute Gasteiger partial charge is 0.394 e. The van der Waals surface area contributed by atoms with Gasteiger partial charge in [0.25, 0.3) is 0 Å². The van der Waals surface area contributed by atoms with Crippen molar-refractivity contribution in [2.24, 2.45) is 0 Å². The summed E-state index contributed by atoms with van der Waals surface area (Å²) in [4.78, 5) is 22.2. The summed E-state index contributed by atoms with van der Waals surface area (Å²) < 4.78 is 10.3. The molecule has 1 fully saturated rings. The molecule has 0 aliphatic carbocycles. The normalized spacial score (nSPS) is 33.8. The summed E-state index contributed by atoms with van der Waals surface area (Å²) in [5.74, 6) is -0.661. The van der Waals surface area contributed by atoms with E-state index in [9.17, 15) is 35.1 Å². The van der Waals surface area contributed by atoms with Crippen molar-refractivity contribution in [1.82, 2.24) is 5.32 Å². The molecule has 8 N–H and O–H groups in total. The van der Waals surface area contributed by atoms with Gasteiger partial charge in [0.05, 0.1) is 13.2 Å². The molecule has 0 spiro atoms. The van der Waals surface area contributed by atoms with Crippen LogP contribution in [0, 0.1) is 0 Å². The first-order chi connectivity index (χ1) is 12.2. The summed E-state index contributed by atoms with van der Waals surface area (Å²) >= 11 is 0. The fraction of sp³-hybridized carbons (Fsp3) is 0.857. The van der Waals surface area contributed by atoms with Gasteiger partial charge in [-0.05, 0) is 0 Å². The molecule has 152 valence electrons. The van der Waals surface area contributed by atoms with Crippen molar-refractivity contribution in [1.29, 1.82) is 0 Å². The van der Waals surface area contributed by atoms with Crippen LogP contribution in [0.3, 0.4) is 0 Å². The molecule has 1 rings (SSSR count). The molecule has 0 saturated carbocycles. The Hall–Kier alpha value is -1.22. The van der Waals surface area contributed by atoms with Crippen LogP contribution in [-0.4, -0.2) is 116 Å². The second kappa shape index (κ2) is 10.2. The highest BCUT2D eigenvalue weighted by molar-refractivity contribution is 5.77. The molecule has 9 unspecified atom stereocenters. The number of hydrogen-bond acceptors (Lipinski definition) is 11. The highest BCUT2D eigenvalue weighted by Gasteiger charge is 2.46. The second-order valence-electron chi connectivity index (χ2n) is 5.90. The van der Waals surface area contributed by atoms with Crippen LogP contribution >= 0.6 is 0 Å². The molecule has 26 heavy (non-hydrogen) atoms. The molecule has 1 aliphatic rings. The molecule has 0 bridgehead atoms. The number of aliphatic hydroxyl groups is 7. The fourth-order valence-electron chi connectivity index (χ4n) is 2.48. The van der Waals surface area contributed by atoms with Gasteiger partial charge in [0, 0.05) is 6.92 Å². The molecule has 12 heteroatoms. The Labute approximate surface area is 148 Å². The number of aliphatic hydroxyl groups excluding tert-OH is 7. The van der Waals surface area contributed by atoms with Gasteiger partial charge in [0.2, 0.25) is 5.91 Å². The third-order valence-electron chi connectivity index (χ3n) is 3.93. The lowest BCUT2D eigenvalue weighted by molar-refractivity contribution is -0.324. The van der Waals surface area contributed by atoms with E-state index in [1.807, 2.05) is 0 Å². The molecule has 0 radical (unpaired) electrons. The van der Waals surface area contributed by atoms with Crippen molar-refractivity contribution in [3.8, 4) is 0 Å². The van der Waals surface area contributed by atoms with Gasteiger partial charge in [-0.15, -0.1) is 0 Å². The predicted octanol–water partition coefficient (Wildman–Crippen LogP) is -5.41. The van der Waals surface area contributed by atoms with Crippen molar-refractivity contribution in [2.75, 3.05) is 13.2 Å². The molecule has 1 saturated heterocycles. The first kappa shape index (κ1) is 22.8. The maximum Gasteiger partial charge on any atom is 0.217 e. The van der Waals surface area contributed by atoms with Crippen molar-refractivity contribution < 1.29 is 54.8 Å². The van der Waals surface area contributed by atoms with Crippen LogP contribution in [0.4, 0.5) is 0 Å². The van der Waals surface area contributed by atoms with Crippen LogP contribution in [0.5, 0.6) is 0 Å². The molecule has 12 nitrogen and oxygen atoms in total. The van der Waals surface area contributed by atoms with Gasteiger partial charge in [0.15, 0.2) is 6.29 Å². The smallest absolute Gasteiger partial charge is 0.217 e. The average molecular weight is 383 g/mol. The number of hydrogen-bond donors (Lipinski definition) is 8. The van der Waals surface area contributed by atoms with Crippen LogP contribution in [0.2, 0.25) is 0 Å². The van der Waals surface area contributed by atoms with Crippen molar-refractivity contribution in [2.45, 2.75) is 62.0 Å². The van der Waals surface area contributed by atoms with E-state index in [0.29, 0.717) is 0 Å². The van der Waals surface area contributed by atoms with Crippen LogP contribution in [0.25, 0.3) is 0 Å². The van der Waals surface area contributed by atoms with E-state index in [1.54, 1.807) is 0 Å². The van der Waals surface area contributed by atoms with E-state index >= 15 is 0 Å². The lowest BCUT2D eigenvalue weighted by atomic mass is 9.98. The van der Waals surface area contributed by atoms with Crippen LogP contribution in [-0.2, 0) is 19.1 Å². The van der Waals surface area contributed by atoms with Gasteiger partial charge in [-0.25, -0.2) is 0 Å². The van der Waals surface area contributed by atoms with Gasteiger partial charge >= 0.3 is 0 Å². The average Bonchev–Trinajstić information content (AvgIpc) is 2.62. The summed E-state index contributed by atoms with van der Waals surface area (Å²) in [5.41, 5.74) is 0. The first-order valence-electron chi connectivity index (χ1n) is 7.83. The standard InChI is InChI=1S/C14H25NO11/c1-5(19)15-6(2-16)9(21)13(7(20)3-17)26-14-12(24)11(23)10(22)8(4-18)25-14/h2,6-14,17-18,20-24H,3-4H2,1H3,(H,15,19). The summed E-state index contributed by atoms with van der Waals surface area (Å²) in [6, 6.07) is -1.51. The molecule has 1 aliphatic heterocycles. The lowest BCUT2D eigenvalue weighted by Crippen LogP contribution is -2.62. The number of rotatable bonds is 9. The lowest BCUT2D eigenvalue weighted by Gasteiger charge is -2.42. The monoisotopic (exact) mass is 383 g/mol. The van der Waals surface area contributed by atoms with E-state index in [0.717, 1.165) is 6.92 Å². The number of amides is 1. The third-order valence-corrected chi connectivity index (χ3v) is 3.93. The summed E-state index contributed by atoms with van der Waals surface area (Å²) in [6.45, 7) is -0.562. The van der Waals surface area contributed by atoms with Gasteiger partial charge in [0.1, 0.15) is 55.1 Å². The minimum absolute atomic E-state index is 0.180. The second-order valence-corrected chi connectivity index (χ2v) is 5.90. The molecular formula is C14H25NO11. The maximum atomic E-state index is 11.1. The molecule has 0 aromatic rings. The number of carbonyl (C=O) groups is 2. The highest BCUT2D eigenvalue weighted by Crippen LogP contribution is 2.24. The Bertz CT molecular complexity index is 462. The van der Waals surface area contributed by atoms with Gasteiger partial charge in [-0.2, -0.15) is 0 Å². The Morgan fingerprint density at radius 2 is 1.81 bits per heavy atom. The minimum Gasteiger partial charge on any atom is -0.394 e. The Kier molecular flexibility index (Phi) is 8.95. The molecule has 0 aromatic carbocycles. The topological polar surface area (TPSA) is 206 Å². The summed E-state index contributed by atoms with van der Waals surface area (Å²) in [6.07, 6.45) is -13.4. The van der Waals surface area contributed by atoms with E-state index in [1.165, 1.54) is 0 Å². The minimum atomic E-state index is -1.86. The third kappa shape index (κ3) is 5.39. The molecule has 0 aromatic heterocycles. The number of ether oxygens (including phenoxy) is 2. The Morgan fingerprint density at radius 3 is 2.27 bits per heavy atom. The molecule has 9 atom stereocenters. The van der Waals surface area contributed by atoms with Crippen LogP contribution in [0.1, 0.15) is 6.92 Å². The van der Waals surface area contributed by atoms with Crippen LogP contribution in [0.15, 0.2) is 0 Å². The van der Waals surface area contributed by atoms with Gasteiger partial charge < -0.3 is 55.3 Å². The summed E-state index contributed by atoms with van der Waals surface area (Å²) in [7, 11) is 0. The Morgan fingerprint density at radius 1 is 1.19 bits per heavy atom. The van der Waals surface area contributed by atoms with Gasteiger partial charge in [-0.3, -0.25) is 4.79 Å². The van der Waals surface area contributed by atoms with Crippen molar-refractivity contribution >= 4 is 12.2 Å². The molecular weight excluding hydrogens is 358 g/mol. The van der Waals surface area contributed by atoms with E-state index in [2.05, 4.69) is 5.32 Å². The zero-order valence-corrected chi connectivity index (χ0v) is 14.0.